The minimum atomic E-state index is 0.00172. The molecule has 3 rings (SSSR count). The number of hydrogen-bond donors (Lipinski definition) is 1. The van der Waals surface area contributed by atoms with Gasteiger partial charge in [0, 0.05) is 4.88 Å². The lowest BCUT2D eigenvalue weighted by Crippen LogP contribution is -2.27. The number of thiophene rings is 1. The van der Waals surface area contributed by atoms with Crippen molar-refractivity contribution in [2.45, 2.75) is 18.2 Å². The molecule has 0 fully saturated rings. The molecule has 1 amide bonds. The van der Waals surface area contributed by atoms with E-state index in [4.69, 9.17) is 0 Å². The van der Waals surface area contributed by atoms with E-state index in [1.807, 2.05) is 52.6 Å². The van der Waals surface area contributed by atoms with Crippen molar-refractivity contribution in [3.63, 3.8) is 0 Å². The molecule has 0 radical (unpaired) electrons. The van der Waals surface area contributed by atoms with E-state index in [1.165, 1.54) is 0 Å². The molecule has 1 aromatic carbocycles. The smallest absolute Gasteiger partial charge is 0.240 e. The average Bonchev–Trinajstić information content (AvgIpc) is 3.13. The van der Waals surface area contributed by atoms with Crippen molar-refractivity contribution in [1.82, 2.24) is 14.9 Å². The third-order valence-electron chi connectivity index (χ3n) is 3.14. The number of carbonyl (C=O) groups excluding carboxylic acids is 1. The minimum Gasteiger partial charge on any atom is -0.350 e. The van der Waals surface area contributed by atoms with Crippen molar-refractivity contribution < 1.29 is 4.79 Å². The molecule has 1 N–H and O–H groups in total. The van der Waals surface area contributed by atoms with E-state index < -0.39 is 0 Å². The number of rotatable bonds is 5. The Hall–Kier alpha value is -1.79. The summed E-state index contributed by atoms with van der Waals surface area (Å²) in [6.07, 6.45) is 1.97. The number of amides is 1. The van der Waals surface area contributed by atoms with E-state index in [0.29, 0.717) is 13.1 Å². The molecule has 21 heavy (non-hydrogen) atoms. The van der Waals surface area contributed by atoms with Crippen LogP contribution in [0.4, 0.5) is 0 Å². The zero-order chi connectivity index (χ0) is 14.7. The van der Waals surface area contributed by atoms with Crippen molar-refractivity contribution >= 4 is 40.0 Å². The van der Waals surface area contributed by atoms with Crippen LogP contribution in [0.3, 0.4) is 0 Å². The highest BCUT2D eigenvalue weighted by molar-refractivity contribution is 7.98. The van der Waals surface area contributed by atoms with Gasteiger partial charge in [0.25, 0.3) is 0 Å². The monoisotopic (exact) mass is 317 g/mol. The fourth-order valence-corrected chi connectivity index (χ4v) is 3.38. The van der Waals surface area contributed by atoms with Gasteiger partial charge in [0.15, 0.2) is 5.16 Å². The number of imidazole rings is 1. The summed E-state index contributed by atoms with van der Waals surface area (Å²) in [7, 11) is 0. The summed E-state index contributed by atoms with van der Waals surface area (Å²) in [4.78, 5) is 17.9. The maximum atomic E-state index is 12.2. The first-order chi connectivity index (χ1) is 10.3. The van der Waals surface area contributed by atoms with Gasteiger partial charge in [-0.25, -0.2) is 4.98 Å². The molecular formula is C15H15N3OS2. The summed E-state index contributed by atoms with van der Waals surface area (Å²) >= 11 is 3.20. The average molecular weight is 317 g/mol. The number of carbonyl (C=O) groups is 1. The van der Waals surface area contributed by atoms with Gasteiger partial charge in [-0.1, -0.05) is 30.0 Å². The number of thioether (sulfide) groups is 1. The molecule has 3 aromatic rings. The van der Waals surface area contributed by atoms with Gasteiger partial charge in [-0.2, -0.15) is 0 Å². The fraction of sp³-hybridized carbons (Fsp3) is 0.200. The molecule has 4 nitrogen and oxygen atoms in total. The molecular weight excluding hydrogens is 302 g/mol. The van der Waals surface area contributed by atoms with Crippen molar-refractivity contribution in [3.8, 4) is 0 Å². The van der Waals surface area contributed by atoms with Crippen molar-refractivity contribution in [3.05, 3.63) is 46.7 Å². The topological polar surface area (TPSA) is 46.9 Å². The Morgan fingerprint density at radius 2 is 2.19 bits per heavy atom. The van der Waals surface area contributed by atoms with Crippen LogP contribution in [0.5, 0.6) is 0 Å². The SMILES string of the molecule is CSc1nc2ccccc2n1CC(=O)NCc1cccs1. The van der Waals surface area contributed by atoms with Crippen LogP contribution in [0.1, 0.15) is 4.88 Å². The van der Waals surface area contributed by atoms with Crippen molar-refractivity contribution in [2.24, 2.45) is 0 Å². The van der Waals surface area contributed by atoms with Gasteiger partial charge in [-0.05, 0) is 29.8 Å². The summed E-state index contributed by atoms with van der Waals surface area (Å²) in [5.74, 6) is 0.00172. The van der Waals surface area contributed by atoms with E-state index in [0.717, 1.165) is 21.1 Å². The summed E-state index contributed by atoms with van der Waals surface area (Å²) in [5.41, 5.74) is 1.92. The van der Waals surface area contributed by atoms with Crippen LogP contribution in [0, 0.1) is 0 Å². The van der Waals surface area contributed by atoms with Crippen molar-refractivity contribution in [1.29, 1.82) is 0 Å². The number of fused-ring (bicyclic) bond motifs is 1. The highest BCUT2D eigenvalue weighted by Gasteiger charge is 2.12. The summed E-state index contributed by atoms with van der Waals surface area (Å²) < 4.78 is 1.96. The van der Waals surface area contributed by atoms with Crippen LogP contribution in [0.15, 0.2) is 46.9 Å². The Bertz CT molecular complexity index is 749. The predicted molar refractivity (Wildman–Crippen MR) is 87.7 cm³/mol. The number of hydrogen-bond acceptors (Lipinski definition) is 4. The maximum Gasteiger partial charge on any atom is 0.240 e. The molecule has 0 aliphatic carbocycles. The first-order valence-electron chi connectivity index (χ1n) is 6.56. The van der Waals surface area contributed by atoms with E-state index in [-0.39, 0.29) is 5.91 Å². The largest absolute Gasteiger partial charge is 0.350 e. The van der Waals surface area contributed by atoms with Crippen LogP contribution in [0.2, 0.25) is 0 Å². The summed E-state index contributed by atoms with van der Waals surface area (Å²) in [6, 6.07) is 11.9. The van der Waals surface area contributed by atoms with Crippen LogP contribution in [-0.2, 0) is 17.9 Å². The molecule has 0 aliphatic rings. The molecule has 108 valence electrons. The molecule has 0 bridgehead atoms. The highest BCUT2D eigenvalue weighted by Crippen LogP contribution is 2.22. The quantitative estimate of drug-likeness (QED) is 0.735. The number of aromatic nitrogens is 2. The van der Waals surface area contributed by atoms with E-state index >= 15 is 0 Å². The van der Waals surface area contributed by atoms with Gasteiger partial charge in [0.05, 0.1) is 17.6 Å². The number of benzene rings is 1. The molecule has 2 heterocycles. The zero-order valence-electron chi connectivity index (χ0n) is 11.6. The van der Waals surface area contributed by atoms with Crippen LogP contribution >= 0.6 is 23.1 Å². The van der Waals surface area contributed by atoms with Gasteiger partial charge in [-0.15, -0.1) is 11.3 Å². The minimum absolute atomic E-state index is 0.00172. The second kappa shape index (κ2) is 6.32. The highest BCUT2D eigenvalue weighted by atomic mass is 32.2. The molecule has 6 heteroatoms. The normalized spacial score (nSPS) is 10.9. The lowest BCUT2D eigenvalue weighted by molar-refractivity contribution is -0.121. The lowest BCUT2D eigenvalue weighted by atomic mass is 10.3. The Labute approximate surface area is 131 Å². The fourth-order valence-electron chi connectivity index (χ4n) is 2.16. The molecule has 0 atom stereocenters. The first-order valence-corrected chi connectivity index (χ1v) is 8.66. The van der Waals surface area contributed by atoms with Crippen molar-refractivity contribution in [2.75, 3.05) is 6.26 Å². The molecule has 0 aliphatic heterocycles. The summed E-state index contributed by atoms with van der Waals surface area (Å²) in [5, 5.41) is 5.83. The molecule has 0 saturated heterocycles. The molecule has 2 aromatic heterocycles. The van der Waals surface area contributed by atoms with E-state index in [9.17, 15) is 4.79 Å². The van der Waals surface area contributed by atoms with Gasteiger partial charge < -0.3 is 9.88 Å². The van der Waals surface area contributed by atoms with Gasteiger partial charge >= 0.3 is 0 Å². The predicted octanol–water partition coefficient (Wildman–Crippen LogP) is 3.14. The Balaban J connectivity index is 1.76. The third kappa shape index (κ3) is 3.11. The third-order valence-corrected chi connectivity index (χ3v) is 4.70. The number of para-hydroxylation sites is 2. The van der Waals surface area contributed by atoms with Gasteiger partial charge in [-0.3, -0.25) is 4.79 Å². The molecule has 0 spiro atoms. The van der Waals surface area contributed by atoms with E-state index in [2.05, 4.69) is 10.3 Å². The van der Waals surface area contributed by atoms with E-state index in [1.54, 1.807) is 23.1 Å². The molecule has 0 unspecified atom stereocenters. The Kier molecular flexibility index (Phi) is 4.26. The second-order valence-corrected chi connectivity index (χ2v) is 6.34. The second-order valence-electron chi connectivity index (χ2n) is 4.53. The summed E-state index contributed by atoms with van der Waals surface area (Å²) in [6.45, 7) is 0.875. The number of nitrogens with one attached hydrogen (secondary N) is 1. The van der Waals surface area contributed by atoms with Crippen LogP contribution in [0.25, 0.3) is 11.0 Å². The van der Waals surface area contributed by atoms with Crippen LogP contribution in [-0.4, -0.2) is 21.7 Å². The zero-order valence-corrected chi connectivity index (χ0v) is 13.2. The van der Waals surface area contributed by atoms with Gasteiger partial charge in [0.1, 0.15) is 6.54 Å². The lowest BCUT2D eigenvalue weighted by Gasteiger charge is -2.08. The Morgan fingerprint density at radius 3 is 2.95 bits per heavy atom. The number of nitrogens with zero attached hydrogens (tertiary/aromatic N) is 2. The Morgan fingerprint density at radius 1 is 1.33 bits per heavy atom. The molecule has 0 saturated carbocycles. The van der Waals surface area contributed by atoms with Crippen LogP contribution < -0.4 is 5.32 Å². The maximum absolute atomic E-state index is 12.2. The van der Waals surface area contributed by atoms with Gasteiger partial charge in [0.2, 0.25) is 5.91 Å². The standard InChI is InChI=1S/C15H15N3OS2/c1-20-15-17-12-6-2-3-7-13(12)18(15)10-14(19)16-9-11-5-4-8-21-11/h2-8H,9-10H2,1H3,(H,16,19). The first kappa shape index (κ1) is 14.2.